The third-order valence-electron chi connectivity index (χ3n) is 8.78. The molecule has 0 aromatic heterocycles. The lowest BCUT2D eigenvalue weighted by Gasteiger charge is -2.48. The number of hydrogen-bond acceptors (Lipinski definition) is 13. The number of carbonyl (C=O) groups excluding carboxylic acids is 2. The average Bonchev–Trinajstić information content (AvgIpc) is 3.18. The molecule has 10 atom stereocenters. The molecule has 13 nitrogen and oxygen atoms in total. The number of hydrogen-bond donors (Lipinski definition) is 0. The fraction of sp³-hybridized carbons (Fsp3) is 0.474. The van der Waals surface area contributed by atoms with Gasteiger partial charge in [-0.05, 0) is 16.7 Å². The minimum atomic E-state index is -1.36. The van der Waals surface area contributed by atoms with Gasteiger partial charge in [0.2, 0.25) is 0 Å². The normalized spacial score (nSPS) is 29.3. The van der Waals surface area contributed by atoms with Crippen LogP contribution in [0.15, 0.2) is 91.0 Å². The molecule has 0 amide bonds. The van der Waals surface area contributed by atoms with Crippen molar-refractivity contribution in [1.82, 2.24) is 0 Å². The highest BCUT2D eigenvalue weighted by Gasteiger charge is 2.57. The lowest BCUT2D eigenvalue weighted by atomic mass is 9.95. The maximum atomic E-state index is 13.5. The van der Waals surface area contributed by atoms with Gasteiger partial charge in [0.25, 0.3) is 0 Å². The van der Waals surface area contributed by atoms with E-state index in [2.05, 4.69) is 0 Å². The van der Waals surface area contributed by atoms with Crippen molar-refractivity contribution in [3.05, 3.63) is 108 Å². The van der Waals surface area contributed by atoms with Crippen LogP contribution in [0.4, 0.5) is 0 Å². The fourth-order valence-electron chi connectivity index (χ4n) is 6.20. The highest BCUT2D eigenvalue weighted by atomic mass is 16.8. The van der Waals surface area contributed by atoms with Crippen molar-refractivity contribution >= 4 is 11.9 Å². The van der Waals surface area contributed by atoms with Crippen LogP contribution in [0, 0.1) is 0 Å². The Morgan fingerprint density at radius 3 is 1.31 bits per heavy atom. The maximum absolute atomic E-state index is 13.5. The number of ether oxygens (including phenoxy) is 11. The predicted octanol–water partition coefficient (Wildman–Crippen LogP) is 3.60. The molecule has 2 fully saturated rings. The SMILES string of the molecule is COC(=O)C1O[C@H](O[C@H]2C(C(=O)OC)O[C@H](OC)[C@H](OC)[C@H]2OC)[C@H](OCc2ccccc2)[C@@H](OCc2ccccc2)[C@H]1OCc1ccccc1. The van der Waals surface area contributed by atoms with Gasteiger partial charge in [0, 0.05) is 21.3 Å². The standard InChI is InChI=1S/C38H46O13/c1-41-27-30(32(36(40)44-4)50-37(45-5)33(27)42-2)49-38-34(48-23-26-19-13-8-14-20-26)29(47-22-25-17-11-7-12-18-25)28(31(51-38)35(39)43-3)46-21-24-15-9-6-10-16-24/h6-20,27-34,37-38H,21-23H2,1-5H3/t27-,28+,29-,30+,31?,32?,33+,34+,37-,38-/m0/s1. The number of benzene rings is 3. The minimum absolute atomic E-state index is 0.121. The summed E-state index contributed by atoms with van der Waals surface area (Å²) in [6.07, 6.45) is -11.0. The number of carbonyl (C=O) groups is 2. The second-order valence-corrected chi connectivity index (χ2v) is 11.9. The highest BCUT2D eigenvalue weighted by Crippen LogP contribution is 2.36. The van der Waals surface area contributed by atoms with Gasteiger partial charge in [0.05, 0.1) is 34.0 Å². The van der Waals surface area contributed by atoms with Crippen LogP contribution in [0.3, 0.4) is 0 Å². The molecule has 3 aromatic carbocycles. The largest absolute Gasteiger partial charge is 0.467 e. The molecule has 0 saturated carbocycles. The summed E-state index contributed by atoms with van der Waals surface area (Å²) >= 11 is 0. The fourth-order valence-corrected chi connectivity index (χ4v) is 6.20. The van der Waals surface area contributed by atoms with E-state index in [9.17, 15) is 9.59 Å². The summed E-state index contributed by atoms with van der Waals surface area (Å²) in [6, 6.07) is 28.6. The van der Waals surface area contributed by atoms with Crippen molar-refractivity contribution < 1.29 is 61.7 Å². The molecule has 2 aliphatic rings. The molecule has 2 heterocycles. The molecule has 5 rings (SSSR count). The third kappa shape index (κ3) is 9.57. The van der Waals surface area contributed by atoms with Crippen molar-refractivity contribution in [1.29, 1.82) is 0 Å². The van der Waals surface area contributed by atoms with Crippen LogP contribution in [-0.2, 0) is 81.5 Å². The van der Waals surface area contributed by atoms with Gasteiger partial charge in [-0.25, -0.2) is 9.59 Å². The summed E-state index contributed by atoms with van der Waals surface area (Å²) < 4.78 is 66.1. The Balaban J connectivity index is 1.56. The Labute approximate surface area is 297 Å². The molecule has 2 saturated heterocycles. The Bertz CT molecular complexity index is 1480. The van der Waals surface area contributed by atoms with Crippen LogP contribution < -0.4 is 0 Å². The third-order valence-corrected chi connectivity index (χ3v) is 8.78. The Morgan fingerprint density at radius 2 is 0.882 bits per heavy atom. The van der Waals surface area contributed by atoms with E-state index >= 15 is 0 Å². The van der Waals surface area contributed by atoms with E-state index in [0.29, 0.717) is 0 Å². The summed E-state index contributed by atoms with van der Waals surface area (Å²) in [7, 11) is 6.81. The molecule has 3 aromatic rings. The summed E-state index contributed by atoms with van der Waals surface area (Å²) in [5, 5.41) is 0. The second-order valence-electron chi connectivity index (χ2n) is 11.9. The summed E-state index contributed by atoms with van der Waals surface area (Å²) in [5.41, 5.74) is 2.60. The Kier molecular flexibility index (Phi) is 14.5. The van der Waals surface area contributed by atoms with Gasteiger partial charge in [0.15, 0.2) is 24.8 Å². The molecule has 2 aliphatic heterocycles. The van der Waals surface area contributed by atoms with E-state index in [1.54, 1.807) is 0 Å². The van der Waals surface area contributed by atoms with E-state index in [0.717, 1.165) is 16.7 Å². The van der Waals surface area contributed by atoms with E-state index in [1.807, 2.05) is 91.0 Å². The Hall–Kier alpha value is -3.76. The summed E-state index contributed by atoms with van der Waals surface area (Å²) in [6.45, 7) is 0.392. The first kappa shape index (κ1) is 38.5. The second kappa shape index (κ2) is 19.2. The van der Waals surface area contributed by atoms with E-state index in [1.165, 1.54) is 35.5 Å². The molecule has 276 valence electrons. The zero-order valence-electron chi connectivity index (χ0n) is 29.4. The first-order valence-corrected chi connectivity index (χ1v) is 16.6. The lowest BCUT2D eigenvalue weighted by molar-refractivity contribution is -0.362. The van der Waals surface area contributed by atoms with Gasteiger partial charge in [0.1, 0.15) is 36.6 Å². The minimum Gasteiger partial charge on any atom is -0.467 e. The van der Waals surface area contributed by atoms with Crippen molar-refractivity contribution in [2.24, 2.45) is 0 Å². The zero-order chi connectivity index (χ0) is 36.2. The monoisotopic (exact) mass is 710 g/mol. The van der Waals surface area contributed by atoms with Gasteiger partial charge in [-0.15, -0.1) is 0 Å². The van der Waals surface area contributed by atoms with Crippen molar-refractivity contribution in [3.63, 3.8) is 0 Å². The zero-order valence-corrected chi connectivity index (χ0v) is 29.4. The topological polar surface area (TPSA) is 136 Å². The van der Waals surface area contributed by atoms with Crippen molar-refractivity contribution in [2.75, 3.05) is 35.5 Å². The van der Waals surface area contributed by atoms with Crippen LogP contribution in [0.5, 0.6) is 0 Å². The predicted molar refractivity (Wildman–Crippen MR) is 180 cm³/mol. The van der Waals surface area contributed by atoms with Crippen LogP contribution >= 0.6 is 0 Å². The van der Waals surface area contributed by atoms with Gasteiger partial charge < -0.3 is 52.1 Å². The van der Waals surface area contributed by atoms with Crippen LogP contribution in [0.1, 0.15) is 16.7 Å². The molecule has 0 N–H and O–H groups in total. The molecular weight excluding hydrogens is 664 g/mol. The molecule has 2 unspecified atom stereocenters. The van der Waals surface area contributed by atoms with Gasteiger partial charge in [-0.3, -0.25) is 0 Å². The molecule has 0 bridgehead atoms. The average molecular weight is 711 g/mol. The van der Waals surface area contributed by atoms with Crippen molar-refractivity contribution in [2.45, 2.75) is 81.2 Å². The Morgan fingerprint density at radius 1 is 0.471 bits per heavy atom. The van der Waals surface area contributed by atoms with E-state index in [-0.39, 0.29) is 19.8 Å². The number of methoxy groups -OCH3 is 5. The van der Waals surface area contributed by atoms with Gasteiger partial charge in [-0.1, -0.05) is 91.0 Å². The first-order chi connectivity index (χ1) is 24.9. The van der Waals surface area contributed by atoms with Crippen molar-refractivity contribution in [3.8, 4) is 0 Å². The number of rotatable bonds is 16. The quantitative estimate of drug-likeness (QED) is 0.201. The van der Waals surface area contributed by atoms with Crippen LogP contribution in [0.2, 0.25) is 0 Å². The number of esters is 2. The molecule has 0 radical (unpaired) electrons. The lowest BCUT2D eigenvalue weighted by Crippen LogP contribution is -2.67. The molecule has 51 heavy (non-hydrogen) atoms. The van der Waals surface area contributed by atoms with Gasteiger partial charge in [-0.2, -0.15) is 0 Å². The van der Waals surface area contributed by atoms with E-state index < -0.39 is 73.4 Å². The smallest absolute Gasteiger partial charge is 0.337 e. The molecule has 0 aliphatic carbocycles. The van der Waals surface area contributed by atoms with Gasteiger partial charge >= 0.3 is 11.9 Å². The molecule has 13 heteroatoms. The maximum Gasteiger partial charge on any atom is 0.337 e. The van der Waals surface area contributed by atoms with E-state index in [4.69, 9.17) is 52.1 Å². The summed E-state index contributed by atoms with van der Waals surface area (Å²) in [5.74, 6) is -1.47. The first-order valence-electron chi connectivity index (χ1n) is 16.6. The summed E-state index contributed by atoms with van der Waals surface area (Å²) in [4.78, 5) is 26.7. The van der Waals surface area contributed by atoms with Crippen LogP contribution in [-0.4, -0.2) is 109 Å². The highest BCUT2D eigenvalue weighted by molar-refractivity contribution is 5.76. The van der Waals surface area contributed by atoms with Crippen LogP contribution in [0.25, 0.3) is 0 Å². The molecule has 0 spiro atoms. The molecular formula is C38H46O13.